The molecule has 2 unspecified atom stereocenters. The number of aromatic nitrogens is 1. The van der Waals surface area contributed by atoms with Crippen LogP contribution in [0.4, 0.5) is 5.82 Å². The number of piperazine rings is 1. The molecule has 2 aliphatic rings. The monoisotopic (exact) mass is 480 g/mol. The number of anilines is 1. The van der Waals surface area contributed by atoms with Crippen LogP contribution in [0.25, 0.3) is 15.7 Å². The topological polar surface area (TPSA) is 39.7 Å². The Bertz CT molecular complexity index is 1160. The van der Waals surface area contributed by atoms with Crippen molar-refractivity contribution in [3.05, 3.63) is 64.6 Å². The minimum atomic E-state index is 0.219. The zero-order chi connectivity index (χ0) is 22.9. The highest BCUT2D eigenvalue weighted by molar-refractivity contribution is 7.17. The standard InChI is InChI=1S/C26H29ClN4OS/c1-18-15-30(24-7-6-22(27)14-28-24)16-19(2)31(18)17-25(32)29-11-8-20(9-12-29)23-5-3-4-21-10-13-33-26(21)23/h3-8,10,13-14,18-19H,9,11-12,15-17H2,1-2H3. The number of halogens is 1. The Morgan fingerprint density at radius 2 is 1.97 bits per heavy atom. The van der Waals surface area contributed by atoms with Crippen molar-refractivity contribution in [2.24, 2.45) is 0 Å². The van der Waals surface area contributed by atoms with Gasteiger partial charge in [-0.1, -0.05) is 35.9 Å². The molecule has 1 amide bonds. The van der Waals surface area contributed by atoms with Gasteiger partial charge in [0.25, 0.3) is 0 Å². The van der Waals surface area contributed by atoms with Crippen molar-refractivity contribution in [1.82, 2.24) is 14.8 Å². The van der Waals surface area contributed by atoms with E-state index in [1.807, 2.05) is 17.0 Å². The van der Waals surface area contributed by atoms with E-state index in [4.69, 9.17) is 11.6 Å². The second-order valence-corrected chi connectivity index (χ2v) is 10.4. The zero-order valence-electron chi connectivity index (χ0n) is 19.1. The second-order valence-electron chi connectivity index (χ2n) is 9.07. The Balaban J connectivity index is 1.21. The van der Waals surface area contributed by atoms with Crippen molar-refractivity contribution < 1.29 is 4.79 Å². The second kappa shape index (κ2) is 9.45. The van der Waals surface area contributed by atoms with Crippen LogP contribution in [0, 0.1) is 0 Å². The minimum absolute atomic E-state index is 0.219. The van der Waals surface area contributed by atoms with Crippen molar-refractivity contribution in [3.8, 4) is 0 Å². The van der Waals surface area contributed by atoms with Gasteiger partial charge in [0.2, 0.25) is 5.91 Å². The predicted octanol–water partition coefficient (Wildman–Crippen LogP) is 5.16. The fourth-order valence-corrected chi connectivity index (χ4v) is 6.11. The van der Waals surface area contributed by atoms with E-state index < -0.39 is 0 Å². The molecule has 1 saturated heterocycles. The maximum Gasteiger partial charge on any atom is 0.237 e. The van der Waals surface area contributed by atoms with Gasteiger partial charge in [0, 0.05) is 49.2 Å². The molecule has 7 heteroatoms. The molecule has 2 atom stereocenters. The van der Waals surface area contributed by atoms with Crippen LogP contribution in [0.3, 0.4) is 0 Å². The van der Waals surface area contributed by atoms with Crippen molar-refractivity contribution in [2.45, 2.75) is 32.4 Å². The summed E-state index contributed by atoms with van der Waals surface area (Å²) in [6, 6.07) is 13.1. The summed E-state index contributed by atoms with van der Waals surface area (Å²) in [5.41, 5.74) is 2.68. The van der Waals surface area contributed by atoms with E-state index in [-0.39, 0.29) is 18.0 Å². The van der Waals surface area contributed by atoms with Crippen LogP contribution >= 0.6 is 22.9 Å². The lowest BCUT2D eigenvalue weighted by Gasteiger charge is -2.45. The van der Waals surface area contributed by atoms with Crippen molar-refractivity contribution >= 4 is 50.3 Å². The lowest BCUT2D eigenvalue weighted by molar-refractivity contribution is -0.133. The summed E-state index contributed by atoms with van der Waals surface area (Å²) in [5.74, 6) is 1.16. The molecule has 0 radical (unpaired) electrons. The molecule has 1 aromatic carbocycles. The first kappa shape index (κ1) is 22.4. The molecule has 0 spiro atoms. The van der Waals surface area contributed by atoms with Gasteiger partial charge in [0.1, 0.15) is 5.82 Å². The summed E-state index contributed by atoms with van der Waals surface area (Å²) in [5, 5.41) is 4.10. The average molecular weight is 481 g/mol. The Morgan fingerprint density at radius 3 is 2.67 bits per heavy atom. The van der Waals surface area contributed by atoms with E-state index in [1.165, 1.54) is 21.2 Å². The summed E-state index contributed by atoms with van der Waals surface area (Å²) in [6.07, 6.45) is 4.84. The summed E-state index contributed by atoms with van der Waals surface area (Å²) in [7, 11) is 0. The van der Waals surface area contributed by atoms with Gasteiger partial charge in [-0.3, -0.25) is 9.69 Å². The fourth-order valence-electron chi connectivity index (χ4n) is 5.05. The summed E-state index contributed by atoms with van der Waals surface area (Å²) in [4.78, 5) is 24.3. The van der Waals surface area contributed by atoms with E-state index in [0.29, 0.717) is 18.1 Å². The van der Waals surface area contributed by atoms with E-state index in [1.54, 1.807) is 17.5 Å². The lowest BCUT2D eigenvalue weighted by atomic mass is 9.98. The Hall–Kier alpha value is -2.41. The summed E-state index contributed by atoms with van der Waals surface area (Å²) in [6.45, 7) is 8.02. The van der Waals surface area contributed by atoms with Gasteiger partial charge >= 0.3 is 0 Å². The number of benzene rings is 1. The van der Waals surface area contributed by atoms with E-state index in [2.05, 4.69) is 64.4 Å². The maximum absolute atomic E-state index is 13.2. The SMILES string of the molecule is CC1CN(c2ccc(Cl)cn2)CC(C)N1CC(=O)N1CC=C(c2cccc3ccsc23)CC1. The molecule has 172 valence electrons. The first-order valence-corrected chi connectivity index (χ1v) is 12.8. The third-order valence-electron chi connectivity index (χ3n) is 6.84. The molecule has 3 aromatic rings. The Morgan fingerprint density at radius 1 is 1.15 bits per heavy atom. The molecular formula is C26H29ClN4OS. The molecule has 0 bridgehead atoms. The number of carbonyl (C=O) groups is 1. The predicted molar refractivity (Wildman–Crippen MR) is 138 cm³/mol. The molecule has 1 fully saturated rings. The Kier molecular flexibility index (Phi) is 6.41. The number of amides is 1. The van der Waals surface area contributed by atoms with Crippen molar-refractivity contribution in [3.63, 3.8) is 0 Å². The third-order valence-corrected chi connectivity index (χ3v) is 8.03. The molecule has 5 nitrogen and oxygen atoms in total. The van der Waals surface area contributed by atoms with Gasteiger partial charge < -0.3 is 9.80 Å². The number of fused-ring (bicyclic) bond motifs is 1. The molecule has 5 rings (SSSR count). The molecule has 4 heterocycles. The van der Waals surface area contributed by atoms with Crippen LogP contribution in [-0.4, -0.2) is 65.5 Å². The highest BCUT2D eigenvalue weighted by atomic mass is 35.5. The minimum Gasteiger partial charge on any atom is -0.354 e. The molecule has 0 aliphatic carbocycles. The largest absolute Gasteiger partial charge is 0.354 e. The zero-order valence-corrected chi connectivity index (χ0v) is 20.6. The fraction of sp³-hybridized carbons (Fsp3) is 0.385. The highest BCUT2D eigenvalue weighted by Crippen LogP contribution is 2.32. The number of pyridine rings is 1. The van der Waals surface area contributed by atoms with Crippen LogP contribution in [0.15, 0.2) is 54.1 Å². The number of hydrogen-bond acceptors (Lipinski definition) is 5. The average Bonchev–Trinajstić information content (AvgIpc) is 3.31. The normalized spacial score (nSPS) is 22.0. The molecule has 0 saturated carbocycles. The van der Waals surface area contributed by atoms with Gasteiger partial charge in [-0.25, -0.2) is 4.98 Å². The quantitative estimate of drug-likeness (QED) is 0.516. The molecule has 0 N–H and O–H groups in total. The van der Waals surface area contributed by atoms with Gasteiger partial charge in [-0.15, -0.1) is 11.3 Å². The number of hydrogen-bond donors (Lipinski definition) is 0. The van der Waals surface area contributed by atoms with Gasteiger partial charge in [-0.05, 0) is 60.4 Å². The summed E-state index contributed by atoms with van der Waals surface area (Å²) >= 11 is 7.79. The van der Waals surface area contributed by atoms with Crippen LogP contribution in [0.1, 0.15) is 25.8 Å². The van der Waals surface area contributed by atoms with Crippen molar-refractivity contribution in [2.75, 3.05) is 37.6 Å². The van der Waals surface area contributed by atoms with Crippen molar-refractivity contribution in [1.29, 1.82) is 0 Å². The highest BCUT2D eigenvalue weighted by Gasteiger charge is 2.32. The third kappa shape index (κ3) is 4.65. The van der Waals surface area contributed by atoms with Gasteiger partial charge in [0.15, 0.2) is 0 Å². The van der Waals surface area contributed by atoms with E-state index in [9.17, 15) is 4.79 Å². The van der Waals surface area contributed by atoms with E-state index >= 15 is 0 Å². The number of carbonyl (C=O) groups excluding carboxylic acids is 1. The van der Waals surface area contributed by atoms with Crippen LogP contribution in [-0.2, 0) is 4.79 Å². The number of thiophene rings is 1. The summed E-state index contributed by atoms with van der Waals surface area (Å²) < 4.78 is 1.35. The number of rotatable bonds is 4. The molecule has 2 aliphatic heterocycles. The molecular weight excluding hydrogens is 452 g/mol. The Labute approximate surface area is 204 Å². The first-order chi connectivity index (χ1) is 16.0. The molecule has 2 aromatic heterocycles. The molecule has 33 heavy (non-hydrogen) atoms. The van der Waals surface area contributed by atoms with Gasteiger partial charge in [-0.2, -0.15) is 0 Å². The maximum atomic E-state index is 13.2. The van der Waals surface area contributed by atoms with Gasteiger partial charge in [0.05, 0.1) is 11.6 Å². The van der Waals surface area contributed by atoms with Crippen LogP contribution in [0.5, 0.6) is 0 Å². The van der Waals surface area contributed by atoms with E-state index in [0.717, 1.165) is 31.9 Å². The van der Waals surface area contributed by atoms with Crippen LogP contribution < -0.4 is 4.90 Å². The number of nitrogens with zero attached hydrogens (tertiary/aromatic N) is 4. The lowest BCUT2D eigenvalue weighted by Crippen LogP contribution is -2.59. The smallest absolute Gasteiger partial charge is 0.237 e. The van der Waals surface area contributed by atoms with Crippen LogP contribution in [0.2, 0.25) is 5.02 Å². The first-order valence-electron chi connectivity index (χ1n) is 11.6.